The van der Waals surface area contributed by atoms with Gasteiger partial charge in [-0.05, 0) is 46.2 Å². The van der Waals surface area contributed by atoms with Crippen molar-refractivity contribution in [3.63, 3.8) is 0 Å². The summed E-state index contributed by atoms with van der Waals surface area (Å²) in [5.41, 5.74) is -0.603. The molecule has 0 N–H and O–H groups in total. The summed E-state index contributed by atoms with van der Waals surface area (Å²) in [5, 5.41) is 0. The molecule has 18 heavy (non-hydrogen) atoms. The summed E-state index contributed by atoms with van der Waals surface area (Å²) >= 11 is 0. The van der Waals surface area contributed by atoms with Gasteiger partial charge in [-0.25, -0.2) is 8.78 Å². The molecule has 1 rings (SSSR count). The molecule has 0 aliphatic carbocycles. The Balaban J connectivity index is 3.08. The predicted octanol–water partition coefficient (Wildman–Crippen LogP) is 3.72. The smallest absolute Gasteiger partial charge is 0.313 e. The summed E-state index contributed by atoms with van der Waals surface area (Å²) in [5.74, 6) is -3.01. The molecule has 0 heterocycles. The van der Waals surface area contributed by atoms with Crippen LogP contribution in [0.2, 0.25) is 0 Å². The Morgan fingerprint density at radius 2 is 1.83 bits per heavy atom. The minimum absolute atomic E-state index is 0.232. The third-order valence-corrected chi connectivity index (χ3v) is 2.51. The maximum atomic E-state index is 13.9. The molecule has 0 saturated carbocycles. The van der Waals surface area contributed by atoms with E-state index in [2.05, 4.69) is 0 Å². The van der Waals surface area contributed by atoms with E-state index in [0.717, 1.165) is 6.07 Å². The standard InChI is InChI=1S/C14H18F2O2/c1-8-6-7-10(15)11(12(8)16)9(2)13(17)18-14(3,4)5/h6-7,9H,1-5H3. The molecule has 4 heteroatoms. The highest BCUT2D eigenvalue weighted by molar-refractivity contribution is 5.78. The van der Waals surface area contributed by atoms with Gasteiger partial charge in [0.1, 0.15) is 17.2 Å². The Hall–Kier alpha value is -1.45. The molecule has 0 fully saturated rings. The number of rotatable bonds is 2. The first-order valence-electron chi connectivity index (χ1n) is 5.81. The van der Waals surface area contributed by atoms with Crippen molar-refractivity contribution in [2.75, 3.05) is 0 Å². The Labute approximate surface area is 106 Å². The molecule has 0 amide bonds. The first kappa shape index (κ1) is 14.6. The van der Waals surface area contributed by atoms with Gasteiger partial charge in [0.25, 0.3) is 0 Å². The van der Waals surface area contributed by atoms with Crippen LogP contribution in [0.1, 0.15) is 44.7 Å². The number of hydrogen-bond donors (Lipinski definition) is 0. The van der Waals surface area contributed by atoms with Gasteiger partial charge in [0.2, 0.25) is 0 Å². The van der Waals surface area contributed by atoms with Gasteiger partial charge in [0, 0.05) is 5.56 Å². The zero-order valence-corrected chi connectivity index (χ0v) is 11.3. The van der Waals surface area contributed by atoms with E-state index in [1.807, 2.05) is 0 Å². The minimum Gasteiger partial charge on any atom is -0.460 e. The quantitative estimate of drug-likeness (QED) is 0.754. The summed E-state index contributed by atoms with van der Waals surface area (Å²) < 4.78 is 32.6. The SMILES string of the molecule is Cc1ccc(F)c(C(C)C(=O)OC(C)(C)C)c1F. The Morgan fingerprint density at radius 1 is 1.28 bits per heavy atom. The number of halogens is 2. The lowest BCUT2D eigenvalue weighted by Gasteiger charge is -2.23. The molecule has 0 spiro atoms. The lowest BCUT2D eigenvalue weighted by Crippen LogP contribution is -2.27. The third kappa shape index (κ3) is 3.28. The normalized spacial score (nSPS) is 13.3. The zero-order chi connectivity index (χ0) is 14.1. The molecular weight excluding hydrogens is 238 g/mol. The topological polar surface area (TPSA) is 26.3 Å². The molecule has 0 saturated heterocycles. The van der Waals surface area contributed by atoms with E-state index in [4.69, 9.17) is 4.74 Å². The lowest BCUT2D eigenvalue weighted by atomic mass is 9.97. The van der Waals surface area contributed by atoms with Crippen molar-refractivity contribution in [3.8, 4) is 0 Å². The Kier molecular flexibility index (Phi) is 4.09. The summed E-state index contributed by atoms with van der Waals surface area (Å²) in [6.07, 6.45) is 0. The van der Waals surface area contributed by atoms with Crippen molar-refractivity contribution >= 4 is 5.97 Å². The van der Waals surface area contributed by atoms with Crippen LogP contribution in [-0.2, 0) is 9.53 Å². The van der Waals surface area contributed by atoms with Crippen LogP contribution in [-0.4, -0.2) is 11.6 Å². The number of carbonyl (C=O) groups excluding carboxylic acids is 1. The molecule has 0 aromatic heterocycles. The largest absolute Gasteiger partial charge is 0.460 e. The molecule has 0 bridgehead atoms. The van der Waals surface area contributed by atoms with Crippen molar-refractivity contribution in [2.24, 2.45) is 0 Å². The number of ether oxygens (including phenoxy) is 1. The number of aryl methyl sites for hydroxylation is 1. The minimum atomic E-state index is -0.968. The molecule has 1 atom stereocenters. The number of benzene rings is 1. The van der Waals surface area contributed by atoms with Crippen LogP contribution in [0.3, 0.4) is 0 Å². The monoisotopic (exact) mass is 256 g/mol. The molecular formula is C14H18F2O2. The average Bonchev–Trinajstić information content (AvgIpc) is 2.21. The van der Waals surface area contributed by atoms with Crippen LogP contribution >= 0.6 is 0 Å². The van der Waals surface area contributed by atoms with Crippen molar-refractivity contribution in [1.82, 2.24) is 0 Å². The molecule has 1 unspecified atom stereocenters. The molecule has 0 radical (unpaired) electrons. The van der Waals surface area contributed by atoms with E-state index < -0.39 is 29.1 Å². The molecule has 1 aromatic carbocycles. The number of esters is 1. The predicted molar refractivity (Wildman–Crippen MR) is 65.4 cm³/mol. The summed E-state index contributed by atoms with van der Waals surface area (Å²) in [6.45, 7) is 8.09. The van der Waals surface area contributed by atoms with E-state index in [-0.39, 0.29) is 5.56 Å². The second-order valence-corrected chi connectivity index (χ2v) is 5.35. The molecule has 0 aliphatic heterocycles. The maximum Gasteiger partial charge on any atom is 0.313 e. The van der Waals surface area contributed by atoms with E-state index in [9.17, 15) is 13.6 Å². The fourth-order valence-corrected chi connectivity index (χ4v) is 1.58. The zero-order valence-electron chi connectivity index (χ0n) is 11.3. The van der Waals surface area contributed by atoms with Crippen LogP contribution in [0.15, 0.2) is 12.1 Å². The first-order chi connectivity index (χ1) is 8.13. The number of hydrogen-bond acceptors (Lipinski definition) is 2. The maximum absolute atomic E-state index is 13.9. The third-order valence-electron chi connectivity index (χ3n) is 2.51. The van der Waals surface area contributed by atoms with E-state index in [1.54, 1.807) is 20.8 Å². The van der Waals surface area contributed by atoms with Gasteiger partial charge in [-0.1, -0.05) is 6.07 Å². The Bertz CT molecular complexity index is 462. The molecule has 100 valence electrons. The summed E-state index contributed by atoms with van der Waals surface area (Å²) in [6, 6.07) is 2.50. The van der Waals surface area contributed by atoms with Gasteiger partial charge in [-0.15, -0.1) is 0 Å². The number of carbonyl (C=O) groups is 1. The van der Waals surface area contributed by atoms with E-state index >= 15 is 0 Å². The van der Waals surface area contributed by atoms with Crippen molar-refractivity contribution in [1.29, 1.82) is 0 Å². The highest BCUT2D eigenvalue weighted by Crippen LogP contribution is 2.27. The van der Waals surface area contributed by atoms with Crippen LogP contribution in [0.5, 0.6) is 0 Å². The van der Waals surface area contributed by atoms with Gasteiger partial charge < -0.3 is 4.74 Å². The summed E-state index contributed by atoms with van der Waals surface area (Å²) in [7, 11) is 0. The van der Waals surface area contributed by atoms with Crippen LogP contribution < -0.4 is 0 Å². The molecule has 1 aromatic rings. The van der Waals surface area contributed by atoms with Crippen LogP contribution in [0.25, 0.3) is 0 Å². The van der Waals surface area contributed by atoms with Gasteiger partial charge in [-0.2, -0.15) is 0 Å². The van der Waals surface area contributed by atoms with Gasteiger partial charge in [0.05, 0.1) is 5.92 Å². The second kappa shape index (κ2) is 5.04. The first-order valence-corrected chi connectivity index (χ1v) is 5.81. The fourth-order valence-electron chi connectivity index (χ4n) is 1.58. The van der Waals surface area contributed by atoms with Crippen molar-refractivity contribution in [2.45, 2.75) is 46.1 Å². The molecule has 2 nitrogen and oxygen atoms in total. The highest BCUT2D eigenvalue weighted by Gasteiger charge is 2.28. The molecule has 0 aliphatic rings. The van der Waals surface area contributed by atoms with Gasteiger partial charge in [0.15, 0.2) is 0 Å². The average molecular weight is 256 g/mol. The van der Waals surface area contributed by atoms with Crippen molar-refractivity contribution < 1.29 is 18.3 Å². The van der Waals surface area contributed by atoms with Crippen LogP contribution in [0, 0.1) is 18.6 Å². The Morgan fingerprint density at radius 3 is 2.33 bits per heavy atom. The van der Waals surface area contributed by atoms with Crippen LogP contribution in [0.4, 0.5) is 8.78 Å². The fraction of sp³-hybridized carbons (Fsp3) is 0.500. The lowest BCUT2D eigenvalue weighted by molar-refractivity contribution is -0.156. The van der Waals surface area contributed by atoms with Gasteiger partial charge >= 0.3 is 5.97 Å². The van der Waals surface area contributed by atoms with E-state index in [1.165, 1.54) is 19.9 Å². The van der Waals surface area contributed by atoms with E-state index in [0.29, 0.717) is 5.56 Å². The van der Waals surface area contributed by atoms with Crippen molar-refractivity contribution in [3.05, 3.63) is 34.9 Å². The second-order valence-electron chi connectivity index (χ2n) is 5.35. The highest BCUT2D eigenvalue weighted by atomic mass is 19.1. The summed E-state index contributed by atoms with van der Waals surface area (Å²) in [4.78, 5) is 11.8. The van der Waals surface area contributed by atoms with Gasteiger partial charge in [-0.3, -0.25) is 4.79 Å².